The second-order valence-corrected chi connectivity index (χ2v) is 7.30. The largest absolute Gasteiger partial charge is 0.382 e. The van der Waals surface area contributed by atoms with Crippen molar-refractivity contribution < 1.29 is 4.79 Å². The maximum Gasteiger partial charge on any atom is 0.242 e. The summed E-state index contributed by atoms with van der Waals surface area (Å²) in [4.78, 5) is 14.9. The number of carbonyl (C=O) groups is 1. The summed E-state index contributed by atoms with van der Waals surface area (Å²) >= 11 is 0. The molecule has 0 spiro atoms. The first-order valence-electron chi connectivity index (χ1n) is 8.94. The number of amides is 1. The van der Waals surface area contributed by atoms with Gasteiger partial charge in [0, 0.05) is 24.8 Å². The molecular formula is C19H31Cl2N3O. The molecule has 0 bridgehead atoms. The highest BCUT2D eigenvalue weighted by molar-refractivity contribution is 5.86. The van der Waals surface area contributed by atoms with Gasteiger partial charge >= 0.3 is 0 Å². The SMILES string of the molecule is Cc1cccc(NC2CCN(C(=O)C3(C)CCCCN3)CC2)c1.Cl.Cl. The van der Waals surface area contributed by atoms with Crippen molar-refractivity contribution in [3.05, 3.63) is 29.8 Å². The van der Waals surface area contributed by atoms with Gasteiger partial charge in [-0.25, -0.2) is 0 Å². The molecule has 4 nitrogen and oxygen atoms in total. The van der Waals surface area contributed by atoms with Crippen LogP contribution in [-0.4, -0.2) is 42.0 Å². The Balaban J connectivity index is 0.00000156. The van der Waals surface area contributed by atoms with Crippen molar-refractivity contribution in [3.8, 4) is 0 Å². The molecule has 1 atom stereocenters. The third-order valence-electron chi connectivity index (χ3n) is 5.26. The van der Waals surface area contributed by atoms with Crippen molar-refractivity contribution in [3.63, 3.8) is 0 Å². The lowest BCUT2D eigenvalue weighted by Crippen LogP contribution is -2.59. The van der Waals surface area contributed by atoms with Gasteiger partial charge < -0.3 is 15.5 Å². The average Bonchev–Trinajstić information content (AvgIpc) is 2.56. The van der Waals surface area contributed by atoms with E-state index in [0.717, 1.165) is 45.3 Å². The molecule has 1 amide bonds. The van der Waals surface area contributed by atoms with E-state index in [2.05, 4.69) is 53.6 Å². The van der Waals surface area contributed by atoms with E-state index in [-0.39, 0.29) is 30.4 Å². The molecule has 2 aliphatic heterocycles. The number of piperidine rings is 2. The highest BCUT2D eigenvalue weighted by Gasteiger charge is 2.38. The summed E-state index contributed by atoms with van der Waals surface area (Å²) in [6.45, 7) is 6.88. The van der Waals surface area contributed by atoms with Crippen molar-refractivity contribution in [1.29, 1.82) is 0 Å². The van der Waals surface area contributed by atoms with Crippen molar-refractivity contribution in [2.45, 2.75) is 57.5 Å². The van der Waals surface area contributed by atoms with Crippen molar-refractivity contribution in [2.24, 2.45) is 0 Å². The van der Waals surface area contributed by atoms with Crippen LogP contribution < -0.4 is 10.6 Å². The fourth-order valence-electron chi connectivity index (χ4n) is 3.79. The van der Waals surface area contributed by atoms with Crippen LogP contribution in [0.15, 0.2) is 24.3 Å². The van der Waals surface area contributed by atoms with Gasteiger partial charge in [0.15, 0.2) is 0 Å². The van der Waals surface area contributed by atoms with Gasteiger partial charge in [0.25, 0.3) is 0 Å². The summed E-state index contributed by atoms with van der Waals surface area (Å²) in [5, 5.41) is 7.06. The van der Waals surface area contributed by atoms with Gasteiger partial charge in [0.2, 0.25) is 5.91 Å². The van der Waals surface area contributed by atoms with Crippen LogP contribution in [0.3, 0.4) is 0 Å². The highest BCUT2D eigenvalue weighted by Crippen LogP contribution is 2.24. The second-order valence-electron chi connectivity index (χ2n) is 7.30. The molecule has 2 saturated heterocycles. The molecule has 1 aromatic carbocycles. The molecule has 1 aromatic rings. The fraction of sp³-hybridized carbons (Fsp3) is 0.632. The van der Waals surface area contributed by atoms with Gasteiger partial charge in [-0.05, 0) is 70.2 Å². The Morgan fingerprint density at radius 1 is 1.24 bits per heavy atom. The van der Waals surface area contributed by atoms with Crippen LogP contribution in [0.4, 0.5) is 5.69 Å². The monoisotopic (exact) mass is 387 g/mol. The molecule has 6 heteroatoms. The number of anilines is 1. The zero-order chi connectivity index (χ0) is 16.3. The quantitative estimate of drug-likeness (QED) is 0.829. The van der Waals surface area contributed by atoms with Crippen LogP contribution >= 0.6 is 24.8 Å². The number of nitrogens with zero attached hydrogens (tertiary/aromatic N) is 1. The van der Waals surface area contributed by atoms with Crippen LogP contribution in [0.5, 0.6) is 0 Å². The van der Waals surface area contributed by atoms with Gasteiger partial charge in [0.05, 0.1) is 5.54 Å². The first-order valence-corrected chi connectivity index (χ1v) is 8.94. The number of hydrogen-bond acceptors (Lipinski definition) is 3. The molecule has 2 aliphatic rings. The second kappa shape index (κ2) is 9.65. The van der Waals surface area contributed by atoms with E-state index in [0.29, 0.717) is 11.9 Å². The summed E-state index contributed by atoms with van der Waals surface area (Å²) in [5.41, 5.74) is 2.13. The Labute approximate surface area is 163 Å². The average molecular weight is 388 g/mol. The van der Waals surface area contributed by atoms with Crippen LogP contribution in [0.25, 0.3) is 0 Å². The zero-order valence-corrected chi connectivity index (χ0v) is 16.8. The van der Waals surface area contributed by atoms with E-state index in [1.165, 1.54) is 17.7 Å². The molecule has 1 unspecified atom stereocenters. The number of halogens is 2. The number of rotatable bonds is 3. The molecule has 0 aromatic heterocycles. The van der Waals surface area contributed by atoms with Crippen LogP contribution in [0, 0.1) is 6.92 Å². The summed E-state index contributed by atoms with van der Waals surface area (Å²) in [6.07, 6.45) is 5.35. The molecule has 0 aliphatic carbocycles. The Bertz CT molecular complexity index is 553. The lowest BCUT2D eigenvalue weighted by molar-refractivity contribution is -0.139. The molecule has 142 valence electrons. The van der Waals surface area contributed by atoms with Gasteiger partial charge in [-0.1, -0.05) is 12.1 Å². The minimum Gasteiger partial charge on any atom is -0.382 e. The highest BCUT2D eigenvalue weighted by atomic mass is 35.5. The number of carbonyl (C=O) groups excluding carboxylic acids is 1. The minimum absolute atomic E-state index is 0. The Hall–Kier alpha value is -0.970. The van der Waals surface area contributed by atoms with E-state index in [1.807, 2.05) is 0 Å². The first kappa shape index (κ1) is 22.1. The summed E-state index contributed by atoms with van der Waals surface area (Å²) in [5.74, 6) is 0.297. The third-order valence-corrected chi connectivity index (χ3v) is 5.26. The molecule has 3 rings (SSSR count). The van der Waals surface area contributed by atoms with Crippen molar-refractivity contribution in [2.75, 3.05) is 25.0 Å². The standard InChI is InChI=1S/C19H29N3O.2ClH/c1-15-6-5-7-17(14-15)21-16-8-12-22(13-9-16)18(23)19(2)10-3-4-11-20-19;;/h5-7,14,16,20-21H,3-4,8-13H2,1-2H3;2*1H. The van der Waals surface area contributed by atoms with Crippen molar-refractivity contribution in [1.82, 2.24) is 10.2 Å². The number of aryl methyl sites for hydroxylation is 1. The molecule has 0 saturated carbocycles. The van der Waals surface area contributed by atoms with Gasteiger partial charge in [-0.2, -0.15) is 0 Å². The predicted molar refractivity (Wildman–Crippen MR) is 109 cm³/mol. The molecule has 2 N–H and O–H groups in total. The lowest BCUT2D eigenvalue weighted by Gasteiger charge is -2.41. The summed E-state index contributed by atoms with van der Waals surface area (Å²) in [7, 11) is 0. The Kier molecular flexibility index (Phi) is 8.52. The normalized spacial score (nSPS) is 24.0. The number of nitrogens with one attached hydrogen (secondary N) is 2. The van der Waals surface area contributed by atoms with E-state index < -0.39 is 0 Å². The minimum atomic E-state index is -0.338. The lowest BCUT2D eigenvalue weighted by atomic mass is 9.88. The molecule has 2 heterocycles. The fourth-order valence-corrected chi connectivity index (χ4v) is 3.79. The van der Waals surface area contributed by atoms with Gasteiger partial charge in [-0.3, -0.25) is 4.79 Å². The maximum absolute atomic E-state index is 12.8. The van der Waals surface area contributed by atoms with Gasteiger partial charge in [0.1, 0.15) is 0 Å². The van der Waals surface area contributed by atoms with E-state index in [9.17, 15) is 4.79 Å². The third kappa shape index (κ3) is 5.50. The van der Waals surface area contributed by atoms with Crippen LogP contribution in [-0.2, 0) is 4.79 Å². The smallest absolute Gasteiger partial charge is 0.242 e. The van der Waals surface area contributed by atoms with Gasteiger partial charge in [-0.15, -0.1) is 24.8 Å². The number of benzene rings is 1. The number of likely N-dealkylation sites (tertiary alicyclic amines) is 1. The topological polar surface area (TPSA) is 44.4 Å². The molecule has 25 heavy (non-hydrogen) atoms. The molecular weight excluding hydrogens is 357 g/mol. The predicted octanol–water partition coefficient (Wildman–Crippen LogP) is 3.77. The molecule has 2 fully saturated rings. The Morgan fingerprint density at radius 3 is 2.56 bits per heavy atom. The summed E-state index contributed by atoms with van der Waals surface area (Å²) < 4.78 is 0. The van der Waals surface area contributed by atoms with E-state index in [1.54, 1.807) is 0 Å². The maximum atomic E-state index is 12.8. The van der Waals surface area contributed by atoms with E-state index >= 15 is 0 Å². The van der Waals surface area contributed by atoms with E-state index in [4.69, 9.17) is 0 Å². The molecule has 0 radical (unpaired) electrons. The van der Waals surface area contributed by atoms with Crippen molar-refractivity contribution >= 4 is 36.4 Å². The zero-order valence-electron chi connectivity index (χ0n) is 15.2. The Morgan fingerprint density at radius 2 is 1.96 bits per heavy atom. The van der Waals surface area contributed by atoms with Crippen LogP contribution in [0.1, 0.15) is 44.6 Å². The number of hydrogen-bond donors (Lipinski definition) is 2. The summed E-state index contributed by atoms with van der Waals surface area (Å²) in [6, 6.07) is 8.98. The van der Waals surface area contributed by atoms with Crippen LogP contribution in [0.2, 0.25) is 0 Å². The first-order chi connectivity index (χ1) is 11.1.